The second kappa shape index (κ2) is 11.2. The van der Waals surface area contributed by atoms with Crippen LogP contribution in [0.5, 0.6) is 0 Å². The molecule has 0 aromatic heterocycles. The van der Waals surface area contributed by atoms with Crippen LogP contribution < -0.4 is 15.5 Å². The Labute approximate surface area is 212 Å². The maximum Gasteiger partial charge on any atom is 0.407 e. The molecule has 3 amide bonds. The van der Waals surface area contributed by atoms with E-state index < -0.39 is 17.4 Å². The summed E-state index contributed by atoms with van der Waals surface area (Å²) in [5, 5.41) is 5.31. The largest absolute Gasteiger partial charge is 0.444 e. The predicted molar refractivity (Wildman–Crippen MR) is 135 cm³/mol. The van der Waals surface area contributed by atoms with E-state index in [4.69, 9.17) is 4.74 Å². The SMILES string of the molecule is CC(C)(C)OC(=O)NC1CCC(CN2CCN(c3ccc(C4CCC(=O)NC4=O)c(F)c3)CC2)CC1. The molecule has 198 valence electrons. The van der Waals surface area contributed by atoms with E-state index in [9.17, 15) is 18.8 Å². The number of nitrogens with zero attached hydrogens (tertiary/aromatic N) is 2. The minimum absolute atomic E-state index is 0.186. The van der Waals surface area contributed by atoms with Crippen LogP contribution in [-0.2, 0) is 14.3 Å². The fourth-order valence-electron chi connectivity index (χ4n) is 5.50. The molecular formula is C27H39FN4O4. The summed E-state index contributed by atoms with van der Waals surface area (Å²) >= 11 is 0. The first-order chi connectivity index (χ1) is 17.1. The Balaban J connectivity index is 1.21. The number of rotatable bonds is 5. The molecule has 2 saturated heterocycles. The number of alkyl carbamates (subject to hydrolysis) is 1. The molecule has 9 heteroatoms. The van der Waals surface area contributed by atoms with Gasteiger partial charge in [0, 0.05) is 56.4 Å². The van der Waals surface area contributed by atoms with Gasteiger partial charge < -0.3 is 15.0 Å². The van der Waals surface area contributed by atoms with E-state index >= 15 is 0 Å². The van der Waals surface area contributed by atoms with E-state index in [1.165, 1.54) is 6.07 Å². The summed E-state index contributed by atoms with van der Waals surface area (Å²) in [6.45, 7) is 10.2. The van der Waals surface area contributed by atoms with Crippen LogP contribution in [0, 0.1) is 11.7 Å². The molecule has 1 aromatic rings. The summed E-state index contributed by atoms with van der Waals surface area (Å²) in [6, 6.07) is 5.29. The zero-order valence-electron chi connectivity index (χ0n) is 21.6. The van der Waals surface area contributed by atoms with Crippen LogP contribution in [0.2, 0.25) is 0 Å². The lowest BCUT2D eigenvalue weighted by Gasteiger charge is -2.39. The Morgan fingerprint density at radius 2 is 1.78 bits per heavy atom. The molecule has 1 aliphatic carbocycles. The third kappa shape index (κ3) is 6.96. The van der Waals surface area contributed by atoms with Crippen LogP contribution in [0.4, 0.5) is 14.9 Å². The summed E-state index contributed by atoms with van der Waals surface area (Å²) in [7, 11) is 0. The van der Waals surface area contributed by atoms with Gasteiger partial charge >= 0.3 is 6.09 Å². The number of nitrogens with one attached hydrogen (secondary N) is 2. The Morgan fingerprint density at radius 1 is 1.08 bits per heavy atom. The number of hydrogen-bond acceptors (Lipinski definition) is 6. The minimum atomic E-state index is -0.608. The monoisotopic (exact) mass is 502 g/mol. The number of carbonyl (C=O) groups excluding carboxylic acids is 3. The number of amides is 3. The number of piperidine rings is 1. The molecule has 2 aliphatic heterocycles. The standard InChI is InChI=1S/C27H39FN4O4/c1-27(2,3)36-26(35)29-19-6-4-18(5-7-19)17-31-12-14-32(15-13-31)20-8-9-21(23(28)16-20)22-10-11-24(33)30-25(22)34/h8-9,16,18-19,22H,4-7,10-15,17H2,1-3H3,(H,29,35)(H,30,33,34). The molecule has 1 saturated carbocycles. The van der Waals surface area contributed by atoms with Crippen LogP contribution in [0.1, 0.15) is 70.8 Å². The van der Waals surface area contributed by atoms with Crippen LogP contribution in [-0.4, -0.2) is 67.2 Å². The molecule has 2 heterocycles. The molecule has 36 heavy (non-hydrogen) atoms. The Bertz CT molecular complexity index is 963. The van der Waals surface area contributed by atoms with Crippen molar-refractivity contribution in [2.45, 2.75) is 76.9 Å². The van der Waals surface area contributed by atoms with Gasteiger partial charge in [-0.1, -0.05) is 6.07 Å². The number of imide groups is 1. The van der Waals surface area contributed by atoms with Crippen molar-refractivity contribution in [2.24, 2.45) is 5.92 Å². The van der Waals surface area contributed by atoms with Gasteiger partial charge in [0.25, 0.3) is 0 Å². The molecule has 1 atom stereocenters. The molecule has 0 spiro atoms. The third-order valence-electron chi connectivity index (χ3n) is 7.42. The van der Waals surface area contributed by atoms with E-state index in [1.807, 2.05) is 26.8 Å². The number of benzene rings is 1. The lowest BCUT2D eigenvalue weighted by atomic mass is 9.85. The molecule has 1 unspecified atom stereocenters. The van der Waals surface area contributed by atoms with Crippen molar-refractivity contribution < 1.29 is 23.5 Å². The predicted octanol–water partition coefficient (Wildman–Crippen LogP) is 3.55. The Morgan fingerprint density at radius 3 is 2.39 bits per heavy atom. The molecule has 3 fully saturated rings. The van der Waals surface area contributed by atoms with E-state index in [-0.39, 0.29) is 30.3 Å². The average Bonchev–Trinajstić information content (AvgIpc) is 2.80. The Kier molecular flexibility index (Phi) is 8.17. The van der Waals surface area contributed by atoms with Crippen LogP contribution in [0.3, 0.4) is 0 Å². The molecule has 4 rings (SSSR count). The van der Waals surface area contributed by atoms with Gasteiger partial charge in [0.1, 0.15) is 11.4 Å². The van der Waals surface area contributed by atoms with Crippen molar-refractivity contribution in [1.82, 2.24) is 15.5 Å². The highest BCUT2D eigenvalue weighted by Crippen LogP contribution is 2.30. The summed E-state index contributed by atoms with van der Waals surface area (Å²) in [5.74, 6) is -1.08. The van der Waals surface area contributed by atoms with Crippen LogP contribution >= 0.6 is 0 Å². The van der Waals surface area contributed by atoms with Crippen molar-refractivity contribution in [3.8, 4) is 0 Å². The Hall–Kier alpha value is -2.68. The van der Waals surface area contributed by atoms with Crippen LogP contribution in [0.25, 0.3) is 0 Å². The van der Waals surface area contributed by atoms with E-state index in [2.05, 4.69) is 20.4 Å². The first kappa shape index (κ1) is 26.4. The first-order valence-corrected chi connectivity index (χ1v) is 13.2. The number of hydrogen-bond donors (Lipinski definition) is 2. The van der Waals surface area contributed by atoms with Gasteiger partial charge in [-0.25, -0.2) is 9.18 Å². The molecule has 8 nitrogen and oxygen atoms in total. The average molecular weight is 503 g/mol. The maximum atomic E-state index is 14.9. The normalized spacial score (nSPS) is 25.9. The minimum Gasteiger partial charge on any atom is -0.444 e. The molecular weight excluding hydrogens is 463 g/mol. The van der Waals surface area contributed by atoms with Gasteiger partial charge in [0.2, 0.25) is 11.8 Å². The lowest BCUT2D eigenvalue weighted by molar-refractivity contribution is -0.134. The van der Waals surface area contributed by atoms with Crippen molar-refractivity contribution >= 4 is 23.6 Å². The molecule has 1 aromatic carbocycles. The van der Waals surface area contributed by atoms with Gasteiger partial charge in [-0.05, 0) is 70.9 Å². The number of halogens is 1. The summed E-state index contributed by atoms with van der Waals surface area (Å²) < 4.78 is 20.3. The smallest absolute Gasteiger partial charge is 0.407 e. The van der Waals surface area contributed by atoms with Gasteiger partial charge in [0.15, 0.2) is 0 Å². The van der Waals surface area contributed by atoms with E-state index in [0.29, 0.717) is 17.9 Å². The number of piperazine rings is 1. The van der Waals surface area contributed by atoms with Gasteiger partial charge in [-0.15, -0.1) is 0 Å². The molecule has 0 radical (unpaired) electrons. The molecule has 3 aliphatic rings. The van der Waals surface area contributed by atoms with Gasteiger partial charge in [-0.2, -0.15) is 0 Å². The number of ether oxygens (including phenoxy) is 1. The summed E-state index contributed by atoms with van der Waals surface area (Å²) in [4.78, 5) is 40.2. The quantitative estimate of drug-likeness (QED) is 0.599. The second-order valence-electron chi connectivity index (χ2n) is 11.4. The zero-order chi connectivity index (χ0) is 25.9. The third-order valence-corrected chi connectivity index (χ3v) is 7.42. The van der Waals surface area contributed by atoms with Crippen molar-refractivity contribution in [2.75, 3.05) is 37.6 Å². The lowest BCUT2D eigenvalue weighted by Crippen LogP contribution is -2.48. The fourth-order valence-corrected chi connectivity index (χ4v) is 5.50. The van der Waals surface area contributed by atoms with E-state index in [1.54, 1.807) is 6.07 Å². The van der Waals surface area contributed by atoms with Gasteiger partial charge in [-0.3, -0.25) is 19.8 Å². The molecule has 2 N–H and O–H groups in total. The zero-order valence-corrected chi connectivity index (χ0v) is 21.6. The van der Waals surface area contributed by atoms with Gasteiger partial charge in [0.05, 0.1) is 5.92 Å². The molecule has 0 bridgehead atoms. The van der Waals surface area contributed by atoms with Crippen molar-refractivity contribution in [3.05, 3.63) is 29.6 Å². The maximum absolute atomic E-state index is 14.9. The second-order valence-corrected chi connectivity index (χ2v) is 11.4. The topological polar surface area (TPSA) is 91.0 Å². The van der Waals surface area contributed by atoms with Crippen molar-refractivity contribution in [3.63, 3.8) is 0 Å². The van der Waals surface area contributed by atoms with E-state index in [0.717, 1.165) is 64.1 Å². The summed E-state index contributed by atoms with van der Waals surface area (Å²) in [5.41, 5.74) is 0.709. The van der Waals surface area contributed by atoms with Crippen molar-refractivity contribution in [1.29, 1.82) is 0 Å². The highest BCUT2D eigenvalue weighted by molar-refractivity contribution is 6.01. The summed E-state index contributed by atoms with van der Waals surface area (Å²) in [6.07, 6.45) is 4.39. The highest BCUT2D eigenvalue weighted by atomic mass is 19.1. The number of anilines is 1. The number of carbonyl (C=O) groups is 3. The highest BCUT2D eigenvalue weighted by Gasteiger charge is 2.31. The first-order valence-electron chi connectivity index (χ1n) is 13.2. The fraction of sp³-hybridized carbons (Fsp3) is 0.667. The van der Waals surface area contributed by atoms with Crippen LogP contribution in [0.15, 0.2) is 18.2 Å².